The van der Waals surface area contributed by atoms with Gasteiger partial charge < -0.3 is 24.8 Å². The van der Waals surface area contributed by atoms with Crippen molar-refractivity contribution in [2.45, 2.75) is 50.2 Å². The molecule has 27 heavy (non-hydrogen) atoms. The summed E-state index contributed by atoms with van der Waals surface area (Å²) in [4.78, 5) is 28.0. The first-order valence-electron chi connectivity index (χ1n) is 8.75. The Balaban J connectivity index is 1.67. The van der Waals surface area contributed by atoms with Crippen LogP contribution in [0.1, 0.15) is 31.9 Å². The summed E-state index contributed by atoms with van der Waals surface area (Å²) in [5.74, 6) is 0.419. The number of aromatic nitrogens is 2. The van der Waals surface area contributed by atoms with Crippen LogP contribution >= 0.6 is 22.6 Å². The van der Waals surface area contributed by atoms with Crippen molar-refractivity contribution in [2.24, 2.45) is 5.92 Å². The van der Waals surface area contributed by atoms with Crippen LogP contribution in [0.3, 0.4) is 0 Å². The maximum absolute atomic E-state index is 12.3. The summed E-state index contributed by atoms with van der Waals surface area (Å²) in [6.07, 6.45) is 0.142. The lowest BCUT2D eigenvalue weighted by Gasteiger charge is -2.18. The molecule has 1 aromatic rings. The van der Waals surface area contributed by atoms with Crippen molar-refractivity contribution in [2.75, 3.05) is 18.5 Å². The number of anilines is 1. The fourth-order valence-corrected chi connectivity index (χ4v) is 3.88. The number of nitrogens with zero attached hydrogens (tertiary/aromatic N) is 2. The summed E-state index contributed by atoms with van der Waals surface area (Å²) in [7, 11) is 0. The summed E-state index contributed by atoms with van der Waals surface area (Å²) in [6, 6.07) is 0. The number of nitrogens with one attached hydrogen (secondary N) is 1. The van der Waals surface area contributed by atoms with Gasteiger partial charge >= 0.3 is 11.8 Å². The van der Waals surface area contributed by atoms with E-state index in [0.29, 0.717) is 16.1 Å². The van der Waals surface area contributed by atoms with Crippen LogP contribution in [-0.4, -0.2) is 62.5 Å². The average Bonchev–Trinajstić information content (AvgIpc) is 3.25. The predicted octanol–water partition coefficient (Wildman–Crippen LogP) is 0.198. The third-order valence-corrected chi connectivity index (χ3v) is 5.63. The van der Waals surface area contributed by atoms with E-state index in [9.17, 15) is 19.8 Å². The summed E-state index contributed by atoms with van der Waals surface area (Å²) in [5.41, 5.74) is -0.781. The Morgan fingerprint density at radius 2 is 2.07 bits per heavy atom. The smallest absolute Gasteiger partial charge is 0.412 e. The molecule has 2 heterocycles. The molecule has 2 fully saturated rings. The van der Waals surface area contributed by atoms with Gasteiger partial charge in [-0.25, -0.2) is 9.59 Å². The molecule has 150 valence electrons. The third kappa shape index (κ3) is 4.59. The van der Waals surface area contributed by atoms with E-state index >= 15 is 0 Å². The fraction of sp³-hybridized carbons (Fsp3) is 0.688. The lowest BCUT2D eigenvalue weighted by molar-refractivity contribution is -0.0550. The van der Waals surface area contributed by atoms with Crippen LogP contribution in [0, 0.1) is 9.49 Å². The van der Waals surface area contributed by atoms with Crippen molar-refractivity contribution in [1.82, 2.24) is 9.55 Å². The van der Waals surface area contributed by atoms with Gasteiger partial charge in [-0.1, -0.05) is 12.8 Å². The maximum atomic E-state index is 12.3. The number of carbonyl (C=O) groups is 1. The minimum absolute atomic E-state index is 0.0417. The topological polar surface area (TPSA) is 143 Å². The lowest BCUT2D eigenvalue weighted by atomic mass is 10.1. The molecule has 0 spiro atoms. The van der Waals surface area contributed by atoms with Gasteiger partial charge in [-0.15, -0.1) is 0 Å². The summed E-state index contributed by atoms with van der Waals surface area (Å²) >= 11 is 1.87. The standard InChI is InChI=1S/C16H22IN3O7/c17-9-5-20(14-12(23)11(22)10(6-21)27-14)15(24)18-13(9)19-16(25)26-7-8-3-1-2-4-8/h5,8,10-12,14,21-23H,1-4,6-7H2,(H,18,19,24,25)/t10-,11-,12-,14?/m1/s1. The van der Waals surface area contributed by atoms with Crippen molar-refractivity contribution in [3.8, 4) is 0 Å². The zero-order valence-corrected chi connectivity index (χ0v) is 16.6. The van der Waals surface area contributed by atoms with Gasteiger partial charge in [-0.05, 0) is 41.4 Å². The minimum Gasteiger partial charge on any atom is -0.449 e. The van der Waals surface area contributed by atoms with E-state index in [4.69, 9.17) is 14.6 Å². The molecule has 0 radical (unpaired) electrons. The predicted molar refractivity (Wildman–Crippen MR) is 101 cm³/mol. The number of aliphatic hydroxyl groups excluding tert-OH is 3. The second-order valence-corrected chi connectivity index (χ2v) is 7.89. The molecule has 11 heteroatoms. The molecule has 2 aliphatic rings. The van der Waals surface area contributed by atoms with E-state index in [0.717, 1.165) is 30.3 Å². The van der Waals surface area contributed by atoms with E-state index < -0.39 is 42.9 Å². The van der Waals surface area contributed by atoms with Crippen molar-refractivity contribution >= 4 is 34.5 Å². The molecule has 1 aromatic heterocycles. The van der Waals surface area contributed by atoms with Gasteiger partial charge in [-0.2, -0.15) is 4.98 Å². The highest BCUT2D eigenvalue weighted by molar-refractivity contribution is 14.1. The minimum atomic E-state index is -1.40. The first-order chi connectivity index (χ1) is 12.9. The van der Waals surface area contributed by atoms with Crippen LogP contribution in [0.4, 0.5) is 10.6 Å². The second kappa shape index (κ2) is 8.82. The number of aliphatic hydroxyl groups is 3. The zero-order chi connectivity index (χ0) is 19.6. The summed E-state index contributed by atoms with van der Waals surface area (Å²) < 4.78 is 12.0. The van der Waals surface area contributed by atoms with E-state index in [1.807, 2.05) is 22.6 Å². The number of carbonyl (C=O) groups excluding carboxylic acids is 1. The fourth-order valence-electron chi connectivity index (χ4n) is 3.33. The number of hydrogen-bond acceptors (Lipinski definition) is 8. The SMILES string of the molecule is O=C(Nc1nc(=O)n(C2O[C@H](CO)[C@@H](O)[C@H]2O)cc1I)OCC1CCCC1. The molecule has 1 saturated carbocycles. The molecule has 3 rings (SSSR count). The molecule has 1 aliphatic carbocycles. The number of ether oxygens (including phenoxy) is 2. The second-order valence-electron chi connectivity index (χ2n) is 6.73. The lowest BCUT2D eigenvalue weighted by Crippen LogP contribution is -2.36. The van der Waals surface area contributed by atoms with Gasteiger partial charge in [0.2, 0.25) is 0 Å². The Morgan fingerprint density at radius 3 is 2.70 bits per heavy atom. The molecule has 0 bridgehead atoms. The van der Waals surface area contributed by atoms with Crippen LogP contribution < -0.4 is 11.0 Å². The van der Waals surface area contributed by atoms with Crippen molar-refractivity contribution in [3.05, 3.63) is 20.3 Å². The Bertz CT molecular complexity index is 737. The van der Waals surface area contributed by atoms with Crippen LogP contribution in [-0.2, 0) is 9.47 Å². The largest absolute Gasteiger partial charge is 0.449 e. The van der Waals surface area contributed by atoms with Crippen LogP contribution in [0.15, 0.2) is 11.0 Å². The molecule has 4 atom stereocenters. The number of amides is 1. The Morgan fingerprint density at radius 1 is 1.37 bits per heavy atom. The molecule has 1 saturated heterocycles. The average molecular weight is 495 g/mol. The number of hydrogen-bond donors (Lipinski definition) is 4. The Hall–Kier alpha value is -1.28. The van der Waals surface area contributed by atoms with Gasteiger partial charge in [0.25, 0.3) is 0 Å². The molecule has 1 unspecified atom stereocenters. The van der Waals surface area contributed by atoms with Gasteiger partial charge in [0.1, 0.15) is 18.3 Å². The summed E-state index contributed by atoms with van der Waals surface area (Å²) in [6.45, 7) is -0.164. The third-order valence-electron chi connectivity index (χ3n) is 4.84. The Kier molecular flexibility index (Phi) is 6.68. The summed E-state index contributed by atoms with van der Waals surface area (Å²) in [5, 5.41) is 31.5. The van der Waals surface area contributed by atoms with E-state index in [1.165, 1.54) is 6.20 Å². The monoisotopic (exact) mass is 495 g/mol. The van der Waals surface area contributed by atoms with Crippen molar-refractivity contribution in [1.29, 1.82) is 0 Å². The van der Waals surface area contributed by atoms with E-state index in [2.05, 4.69) is 10.3 Å². The van der Waals surface area contributed by atoms with E-state index in [-0.39, 0.29) is 5.82 Å². The quantitative estimate of drug-likeness (QED) is 0.425. The van der Waals surface area contributed by atoms with Crippen LogP contribution in [0.25, 0.3) is 0 Å². The highest BCUT2D eigenvalue weighted by Crippen LogP contribution is 2.29. The van der Waals surface area contributed by atoms with Crippen molar-refractivity contribution < 1.29 is 29.6 Å². The van der Waals surface area contributed by atoms with Gasteiger partial charge in [-0.3, -0.25) is 9.88 Å². The molecular formula is C16H22IN3O7. The first-order valence-corrected chi connectivity index (χ1v) is 9.83. The Labute approximate surface area is 168 Å². The highest BCUT2D eigenvalue weighted by atomic mass is 127. The highest BCUT2D eigenvalue weighted by Gasteiger charge is 2.44. The molecular weight excluding hydrogens is 473 g/mol. The van der Waals surface area contributed by atoms with Gasteiger partial charge in [0.05, 0.1) is 16.8 Å². The van der Waals surface area contributed by atoms with Gasteiger partial charge in [0, 0.05) is 6.20 Å². The molecule has 4 N–H and O–H groups in total. The maximum Gasteiger partial charge on any atom is 0.412 e. The normalized spacial score (nSPS) is 28.4. The zero-order valence-electron chi connectivity index (χ0n) is 14.5. The van der Waals surface area contributed by atoms with Crippen molar-refractivity contribution in [3.63, 3.8) is 0 Å². The first kappa shape index (κ1) is 20.5. The van der Waals surface area contributed by atoms with E-state index in [1.54, 1.807) is 0 Å². The molecule has 1 aliphatic heterocycles. The number of halogens is 1. The molecule has 0 aromatic carbocycles. The molecule has 1 amide bonds. The van der Waals surface area contributed by atoms with Crippen LogP contribution in [0.2, 0.25) is 0 Å². The van der Waals surface area contributed by atoms with Crippen LogP contribution in [0.5, 0.6) is 0 Å². The molecule has 10 nitrogen and oxygen atoms in total. The number of rotatable bonds is 5. The van der Waals surface area contributed by atoms with Gasteiger partial charge in [0.15, 0.2) is 12.0 Å².